The first-order valence-corrected chi connectivity index (χ1v) is 12.3. The van der Waals surface area contributed by atoms with E-state index in [1.165, 1.54) is 32.2 Å². The number of carbonyl (C=O) groups excluding carboxylic acids is 3. The van der Waals surface area contributed by atoms with Gasteiger partial charge < -0.3 is 45.5 Å². The smallest absolute Gasteiger partial charge is 0.202 e. The molecule has 1 heterocycles. The van der Waals surface area contributed by atoms with E-state index in [0.29, 0.717) is 0 Å². The quantitative estimate of drug-likeness (QED) is 0.192. The van der Waals surface area contributed by atoms with Crippen LogP contribution in [0.25, 0.3) is 0 Å². The lowest BCUT2D eigenvalue weighted by Gasteiger charge is -2.46. The second-order valence-electron chi connectivity index (χ2n) is 10.3. The summed E-state index contributed by atoms with van der Waals surface area (Å²) >= 11 is 0. The largest absolute Gasteiger partial charge is 0.507 e. The van der Waals surface area contributed by atoms with Crippen LogP contribution >= 0.6 is 0 Å². The van der Waals surface area contributed by atoms with Crippen molar-refractivity contribution >= 4 is 17.3 Å². The van der Waals surface area contributed by atoms with Gasteiger partial charge in [-0.25, -0.2) is 0 Å². The molecule has 1 aliphatic heterocycles. The van der Waals surface area contributed by atoms with E-state index in [9.17, 15) is 39.9 Å². The Morgan fingerprint density at radius 2 is 1.77 bits per heavy atom. The number of ether oxygens (including phenoxy) is 3. The Labute approximate surface area is 222 Å². The Morgan fingerprint density at radius 3 is 2.38 bits per heavy atom. The van der Waals surface area contributed by atoms with Gasteiger partial charge in [-0.05, 0) is 19.9 Å². The Bertz CT molecular complexity index is 1410. The molecule has 6 atom stereocenters. The molecule has 0 aromatic heterocycles. The normalized spacial score (nSPS) is 31.8. The van der Waals surface area contributed by atoms with Crippen molar-refractivity contribution in [2.45, 2.75) is 69.0 Å². The predicted octanol–water partition coefficient (Wildman–Crippen LogP) is 0.133. The summed E-state index contributed by atoms with van der Waals surface area (Å²) in [5, 5.41) is 56.0. The van der Waals surface area contributed by atoms with Crippen molar-refractivity contribution < 1.29 is 54.1 Å². The standard InChI is InChI=1S/C27H29NO11/c1-10-21(30)14(28)7-16(38-10)39-27(36)9-26(35,11(2)29)8-13-20(27)25(34)19-18(23(13)32)22(31)12-5-4-6-15(37-3)17(12)24(19)33/h4-6,10,14,16,21,30,32,34-36H,7-9,28H2,1-3H3/t10?,14-,16-,21-,26?,27?/m1/s1. The van der Waals surface area contributed by atoms with Crippen LogP contribution < -0.4 is 10.5 Å². The minimum absolute atomic E-state index is 0.0581. The van der Waals surface area contributed by atoms with Crippen LogP contribution in [0.1, 0.15) is 69.7 Å². The highest BCUT2D eigenvalue weighted by Crippen LogP contribution is 2.54. The van der Waals surface area contributed by atoms with Gasteiger partial charge in [0.2, 0.25) is 11.6 Å². The summed E-state index contributed by atoms with van der Waals surface area (Å²) < 4.78 is 16.7. The highest BCUT2D eigenvalue weighted by atomic mass is 16.7. The third-order valence-corrected chi connectivity index (χ3v) is 7.84. The lowest BCUT2D eigenvalue weighted by atomic mass is 9.70. The van der Waals surface area contributed by atoms with Gasteiger partial charge in [0.15, 0.2) is 17.9 Å². The first-order valence-electron chi connectivity index (χ1n) is 12.3. The molecule has 2 aromatic rings. The zero-order valence-electron chi connectivity index (χ0n) is 21.4. The molecule has 3 unspecified atom stereocenters. The number of carbonyl (C=O) groups is 3. The van der Waals surface area contributed by atoms with E-state index >= 15 is 0 Å². The molecule has 1 fully saturated rings. The van der Waals surface area contributed by atoms with Gasteiger partial charge in [-0.2, -0.15) is 0 Å². The molecule has 7 N–H and O–H groups in total. The third kappa shape index (κ3) is 3.94. The average molecular weight is 544 g/mol. The third-order valence-electron chi connectivity index (χ3n) is 7.84. The molecule has 2 aliphatic carbocycles. The summed E-state index contributed by atoms with van der Waals surface area (Å²) in [6.07, 6.45) is -4.63. The Morgan fingerprint density at radius 1 is 1.10 bits per heavy atom. The number of benzene rings is 2. The molecular weight excluding hydrogens is 514 g/mol. The van der Waals surface area contributed by atoms with Gasteiger partial charge in [-0.15, -0.1) is 0 Å². The first-order chi connectivity index (χ1) is 18.2. The van der Waals surface area contributed by atoms with Gasteiger partial charge in [0.1, 0.15) is 22.8 Å². The van der Waals surface area contributed by atoms with Crippen LogP contribution in [0.15, 0.2) is 18.2 Å². The van der Waals surface area contributed by atoms with E-state index in [-0.39, 0.29) is 28.9 Å². The molecule has 39 heavy (non-hydrogen) atoms. The first kappa shape index (κ1) is 27.2. The van der Waals surface area contributed by atoms with E-state index in [2.05, 4.69) is 0 Å². The fraction of sp³-hybridized carbons (Fsp3) is 0.444. The maximum absolute atomic E-state index is 13.7. The summed E-state index contributed by atoms with van der Waals surface area (Å²) in [5.74, 6) is -6.74. The van der Waals surface area contributed by atoms with E-state index in [1.54, 1.807) is 0 Å². The molecular formula is C27H29NO11. The van der Waals surface area contributed by atoms with Crippen LogP contribution in [-0.2, 0) is 26.5 Å². The molecule has 2 aromatic carbocycles. The summed E-state index contributed by atoms with van der Waals surface area (Å²) in [6.45, 7) is 2.60. The number of aromatic hydroxyl groups is 2. The molecule has 0 bridgehead atoms. The summed E-state index contributed by atoms with van der Waals surface area (Å²) in [6, 6.07) is 3.49. The van der Waals surface area contributed by atoms with Crippen molar-refractivity contribution in [3.63, 3.8) is 0 Å². The number of nitrogens with two attached hydrogens (primary N) is 1. The predicted molar refractivity (Wildman–Crippen MR) is 131 cm³/mol. The number of Topliss-reactive ketones (excluding diaryl/α,β-unsaturated/α-hetero) is 1. The highest BCUT2D eigenvalue weighted by molar-refractivity contribution is 6.31. The molecule has 5 rings (SSSR count). The van der Waals surface area contributed by atoms with Crippen molar-refractivity contribution in [1.82, 2.24) is 0 Å². The van der Waals surface area contributed by atoms with E-state index in [4.69, 9.17) is 19.9 Å². The van der Waals surface area contributed by atoms with Crippen molar-refractivity contribution in [1.29, 1.82) is 0 Å². The molecule has 208 valence electrons. The SMILES string of the molecule is COc1cccc2c1C(=O)c1c(O)c3c(c(O)c1C2=O)CC(O)(C(C)=O)CC3(O)O[C@@H]1C[C@@H](N)[C@H](O)C(C)O1. The van der Waals surface area contributed by atoms with E-state index in [0.717, 1.165) is 6.92 Å². The zero-order chi connectivity index (χ0) is 28.6. The van der Waals surface area contributed by atoms with Crippen LogP contribution in [0.4, 0.5) is 0 Å². The summed E-state index contributed by atoms with van der Waals surface area (Å²) in [5.41, 5.74) is 1.49. The van der Waals surface area contributed by atoms with E-state index < -0.39 is 94.3 Å². The number of hydrogen-bond acceptors (Lipinski definition) is 12. The van der Waals surface area contributed by atoms with Gasteiger partial charge in [-0.3, -0.25) is 14.4 Å². The van der Waals surface area contributed by atoms with Crippen molar-refractivity contribution in [2.24, 2.45) is 5.73 Å². The second-order valence-corrected chi connectivity index (χ2v) is 10.3. The van der Waals surface area contributed by atoms with Gasteiger partial charge in [0.05, 0.1) is 41.6 Å². The van der Waals surface area contributed by atoms with Crippen LogP contribution in [0.5, 0.6) is 17.2 Å². The average Bonchev–Trinajstić information content (AvgIpc) is 2.86. The van der Waals surface area contributed by atoms with Crippen LogP contribution in [0.2, 0.25) is 0 Å². The molecule has 0 radical (unpaired) electrons. The van der Waals surface area contributed by atoms with Gasteiger partial charge >= 0.3 is 0 Å². The number of hydrogen-bond donors (Lipinski definition) is 6. The molecule has 0 spiro atoms. The Balaban J connectivity index is 1.73. The number of ketones is 3. The fourth-order valence-corrected chi connectivity index (χ4v) is 5.76. The number of methoxy groups -OCH3 is 1. The molecule has 12 heteroatoms. The van der Waals surface area contributed by atoms with Gasteiger partial charge in [0, 0.05) is 36.4 Å². The van der Waals surface area contributed by atoms with E-state index in [1.807, 2.05) is 0 Å². The van der Waals surface area contributed by atoms with Crippen LogP contribution in [0, 0.1) is 0 Å². The Hall–Kier alpha value is -3.39. The molecule has 3 aliphatic rings. The lowest BCUT2D eigenvalue weighted by molar-refractivity contribution is -0.339. The minimum Gasteiger partial charge on any atom is -0.507 e. The minimum atomic E-state index is -2.69. The lowest BCUT2D eigenvalue weighted by Crippen LogP contribution is -2.56. The Kier molecular flexibility index (Phi) is 6.33. The summed E-state index contributed by atoms with van der Waals surface area (Å²) in [4.78, 5) is 39.7. The number of rotatable bonds is 4. The monoisotopic (exact) mass is 543 g/mol. The maximum Gasteiger partial charge on any atom is 0.202 e. The summed E-state index contributed by atoms with van der Waals surface area (Å²) in [7, 11) is 1.30. The van der Waals surface area contributed by atoms with Gasteiger partial charge in [0.25, 0.3) is 0 Å². The number of aliphatic hydroxyl groups excluding tert-OH is 1. The molecule has 12 nitrogen and oxygen atoms in total. The molecule has 0 amide bonds. The zero-order valence-corrected chi connectivity index (χ0v) is 21.4. The number of phenols is 2. The maximum atomic E-state index is 13.7. The van der Waals surface area contributed by atoms with Crippen molar-refractivity contribution in [2.75, 3.05) is 7.11 Å². The van der Waals surface area contributed by atoms with Crippen molar-refractivity contribution in [3.8, 4) is 17.2 Å². The highest BCUT2D eigenvalue weighted by Gasteiger charge is 2.56. The fourth-order valence-electron chi connectivity index (χ4n) is 5.76. The number of aliphatic hydroxyl groups is 3. The molecule has 0 saturated carbocycles. The topological polar surface area (TPSA) is 206 Å². The second kappa shape index (κ2) is 9.08. The van der Waals surface area contributed by atoms with Gasteiger partial charge in [-0.1, -0.05) is 12.1 Å². The van der Waals surface area contributed by atoms with Crippen LogP contribution in [0.3, 0.4) is 0 Å². The number of phenolic OH excluding ortho intramolecular Hbond substituents is 2. The number of fused-ring (bicyclic) bond motifs is 3. The van der Waals surface area contributed by atoms with Crippen molar-refractivity contribution in [3.05, 3.63) is 51.6 Å². The van der Waals surface area contributed by atoms with Crippen LogP contribution in [-0.4, -0.2) is 80.1 Å². The molecule has 1 saturated heterocycles.